The maximum Gasteiger partial charge on any atom is 0.232 e. The Balaban J connectivity index is 1.98. The second-order valence-corrected chi connectivity index (χ2v) is 9.84. The van der Waals surface area contributed by atoms with Gasteiger partial charge in [-0.1, -0.05) is 42.5 Å². The highest BCUT2D eigenvalue weighted by atomic mass is 32.2. The average Bonchev–Trinajstić information content (AvgIpc) is 2.65. The quantitative estimate of drug-likeness (QED) is 0.586. The third kappa shape index (κ3) is 7.37. The summed E-state index contributed by atoms with van der Waals surface area (Å²) in [5.41, 5.74) is 1.25. The Bertz CT molecular complexity index is 927. The van der Waals surface area contributed by atoms with E-state index in [2.05, 4.69) is 5.32 Å². The number of sulfonamides is 1. The maximum absolute atomic E-state index is 12.5. The second kappa shape index (κ2) is 10.5. The summed E-state index contributed by atoms with van der Waals surface area (Å²) in [4.78, 5) is 12.5. The lowest BCUT2D eigenvalue weighted by Gasteiger charge is -2.27. The first-order chi connectivity index (χ1) is 14.1. The number of amides is 1. The number of hydrogen-bond acceptors (Lipinski definition) is 4. The molecular formula is C23H32N2O4S. The van der Waals surface area contributed by atoms with Crippen LogP contribution in [0.4, 0.5) is 5.69 Å². The molecule has 2 aromatic rings. The normalized spacial score (nSPS) is 11.7. The van der Waals surface area contributed by atoms with Gasteiger partial charge in [-0.2, -0.15) is 0 Å². The van der Waals surface area contributed by atoms with Gasteiger partial charge in [0.2, 0.25) is 15.9 Å². The fraction of sp³-hybridized carbons (Fsp3) is 0.435. The zero-order chi connectivity index (χ0) is 22.2. The minimum absolute atomic E-state index is 0.0949. The van der Waals surface area contributed by atoms with E-state index in [-0.39, 0.29) is 18.9 Å². The van der Waals surface area contributed by atoms with Crippen LogP contribution in [0.1, 0.15) is 39.2 Å². The Labute approximate surface area is 180 Å². The molecule has 0 fully saturated rings. The molecule has 0 spiro atoms. The molecule has 0 aromatic heterocycles. The first-order valence-electron chi connectivity index (χ1n) is 10.2. The Kier molecular flexibility index (Phi) is 8.29. The summed E-state index contributed by atoms with van der Waals surface area (Å²) >= 11 is 0. The van der Waals surface area contributed by atoms with E-state index in [1.54, 1.807) is 24.3 Å². The van der Waals surface area contributed by atoms with Crippen molar-refractivity contribution in [3.8, 4) is 5.75 Å². The molecule has 2 rings (SSSR count). The summed E-state index contributed by atoms with van der Waals surface area (Å²) in [6.45, 7) is 6.46. The van der Waals surface area contributed by atoms with Gasteiger partial charge >= 0.3 is 0 Å². The Morgan fingerprint density at radius 2 is 1.70 bits per heavy atom. The number of nitrogens with one attached hydrogen (secondary N) is 1. The van der Waals surface area contributed by atoms with Crippen molar-refractivity contribution >= 4 is 21.6 Å². The molecule has 0 saturated carbocycles. The van der Waals surface area contributed by atoms with Crippen LogP contribution >= 0.6 is 0 Å². The lowest BCUT2D eigenvalue weighted by atomic mass is 9.94. The van der Waals surface area contributed by atoms with Crippen LogP contribution in [0.2, 0.25) is 0 Å². The summed E-state index contributed by atoms with van der Waals surface area (Å²) < 4.78 is 31.6. The molecule has 0 aliphatic carbocycles. The molecule has 6 nitrogen and oxygen atoms in total. The Morgan fingerprint density at radius 3 is 2.33 bits per heavy atom. The summed E-state index contributed by atoms with van der Waals surface area (Å²) in [5.74, 6) is 0.418. The second-order valence-electron chi connectivity index (χ2n) is 7.93. The van der Waals surface area contributed by atoms with Crippen LogP contribution < -0.4 is 14.4 Å². The molecule has 2 aromatic carbocycles. The molecule has 0 radical (unpaired) electrons. The van der Waals surface area contributed by atoms with Gasteiger partial charge in [0.05, 0.1) is 18.6 Å². The van der Waals surface area contributed by atoms with E-state index in [9.17, 15) is 13.2 Å². The van der Waals surface area contributed by atoms with Crippen LogP contribution in [-0.2, 0) is 21.2 Å². The SMILES string of the molecule is CCOc1ccccc1N(CCCC(=O)NC(C)(C)Cc1ccccc1)S(C)(=O)=O. The third-order valence-corrected chi connectivity index (χ3v) is 5.75. The molecule has 164 valence electrons. The van der Waals surface area contributed by atoms with Crippen molar-refractivity contribution in [3.05, 3.63) is 60.2 Å². The van der Waals surface area contributed by atoms with Crippen molar-refractivity contribution in [2.45, 2.75) is 45.6 Å². The number of carbonyl (C=O) groups is 1. The Hall–Kier alpha value is -2.54. The lowest BCUT2D eigenvalue weighted by molar-refractivity contribution is -0.122. The Morgan fingerprint density at radius 1 is 1.07 bits per heavy atom. The van der Waals surface area contributed by atoms with Crippen molar-refractivity contribution in [2.24, 2.45) is 0 Å². The number of nitrogens with zero attached hydrogens (tertiary/aromatic N) is 1. The van der Waals surface area contributed by atoms with Crippen molar-refractivity contribution in [1.82, 2.24) is 5.32 Å². The highest BCUT2D eigenvalue weighted by Gasteiger charge is 2.23. The zero-order valence-corrected chi connectivity index (χ0v) is 19.0. The first kappa shape index (κ1) is 23.7. The summed E-state index contributed by atoms with van der Waals surface area (Å²) in [6.07, 6.45) is 2.53. The minimum Gasteiger partial charge on any atom is -0.492 e. The number of anilines is 1. The number of para-hydroxylation sites is 2. The van der Waals surface area contributed by atoms with Gasteiger partial charge in [0.25, 0.3) is 0 Å². The van der Waals surface area contributed by atoms with Gasteiger partial charge in [0.1, 0.15) is 5.75 Å². The number of ether oxygens (including phenoxy) is 1. The molecule has 0 unspecified atom stereocenters. The molecule has 0 bridgehead atoms. The van der Waals surface area contributed by atoms with Gasteiger partial charge in [0, 0.05) is 18.5 Å². The third-order valence-electron chi connectivity index (χ3n) is 4.57. The number of carbonyl (C=O) groups excluding carboxylic acids is 1. The topological polar surface area (TPSA) is 75.7 Å². The first-order valence-corrected chi connectivity index (χ1v) is 12.0. The molecule has 0 saturated heterocycles. The predicted octanol–water partition coefficient (Wildman–Crippen LogP) is 3.77. The number of hydrogen-bond donors (Lipinski definition) is 1. The van der Waals surface area contributed by atoms with Gasteiger partial charge < -0.3 is 10.1 Å². The molecule has 1 N–H and O–H groups in total. The smallest absolute Gasteiger partial charge is 0.232 e. The lowest BCUT2D eigenvalue weighted by Crippen LogP contribution is -2.45. The van der Waals surface area contributed by atoms with E-state index in [0.29, 0.717) is 24.5 Å². The average molecular weight is 433 g/mol. The molecule has 0 heterocycles. The molecule has 7 heteroatoms. The summed E-state index contributed by atoms with van der Waals surface area (Å²) in [5, 5.41) is 3.06. The van der Waals surface area contributed by atoms with Crippen LogP contribution in [0, 0.1) is 0 Å². The van der Waals surface area contributed by atoms with Gasteiger partial charge in [-0.05, 0) is 51.3 Å². The largest absolute Gasteiger partial charge is 0.492 e. The van der Waals surface area contributed by atoms with Crippen molar-refractivity contribution < 1.29 is 17.9 Å². The van der Waals surface area contributed by atoms with Crippen molar-refractivity contribution in [2.75, 3.05) is 23.7 Å². The van der Waals surface area contributed by atoms with Crippen molar-refractivity contribution in [3.63, 3.8) is 0 Å². The summed E-state index contributed by atoms with van der Waals surface area (Å²) in [7, 11) is -3.51. The van der Waals surface area contributed by atoms with Crippen LogP contribution in [0.15, 0.2) is 54.6 Å². The van der Waals surface area contributed by atoms with Crippen LogP contribution in [0.3, 0.4) is 0 Å². The van der Waals surface area contributed by atoms with E-state index in [1.165, 1.54) is 10.6 Å². The molecule has 0 aliphatic heterocycles. The molecule has 1 amide bonds. The number of benzene rings is 2. The van der Waals surface area contributed by atoms with Gasteiger partial charge in [-0.3, -0.25) is 9.10 Å². The molecule has 0 atom stereocenters. The van der Waals surface area contributed by atoms with E-state index in [4.69, 9.17) is 4.74 Å². The summed E-state index contributed by atoms with van der Waals surface area (Å²) in [6, 6.07) is 17.0. The van der Waals surface area contributed by atoms with Gasteiger partial charge in [-0.15, -0.1) is 0 Å². The molecule has 30 heavy (non-hydrogen) atoms. The predicted molar refractivity (Wildman–Crippen MR) is 121 cm³/mol. The van der Waals surface area contributed by atoms with Crippen LogP contribution in [0.25, 0.3) is 0 Å². The zero-order valence-electron chi connectivity index (χ0n) is 18.2. The van der Waals surface area contributed by atoms with E-state index >= 15 is 0 Å². The van der Waals surface area contributed by atoms with E-state index < -0.39 is 15.6 Å². The minimum atomic E-state index is -3.51. The van der Waals surface area contributed by atoms with Gasteiger partial charge in [0.15, 0.2) is 0 Å². The van der Waals surface area contributed by atoms with E-state index in [0.717, 1.165) is 12.0 Å². The van der Waals surface area contributed by atoms with Crippen LogP contribution in [0.5, 0.6) is 5.75 Å². The fourth-order valence-electron chi connectivity index (χ4n) is 3.38. The van der Waals surface area contributed by atoms with Gasteiger partial charge in [-0.25, -0.2) is 8.42 Å². The van der Waals surface area contributed by atoms with Crippen LogP contribution in [-0.4, -0.2) is 39.3 Å². The van der Waals surface area contributed by atoms with E-state index in [1.807, 2.05) is 51.1 Å². The number of rotatable bonds is 11. The monoisotopic (exact) mass is 432 g/mol. The molecular weight excluding hydrogens is 400 g/mol. The highest BCUT2D eigenvalue weighted by molar-refractivity contribution is 7.92. The van der Waals surface area contributed by atoms with Crippen molar-refractivity contribution in [1.29, 1.82) is 0 Å². The fourth-order valence-corrected chi connectivity index (χ4v) is 4.35. The highest BCUT2D eigenvalue weighted by Crippen LogP contribution is 2.30. The maximum atomic E-state index is 12.5. The standard InChI is InChI=1S/C23H32N2O4S/c1-5-29-21-15-10-9-14-20(21)25(30(4,27)28)17-11-16-22(26)24-23(2,3)18-19-12-7-6-8-13-19/h6-10,12-15H,5,11,16-18H2,1-4H3,(H,24,26). The molecule has 0 aliphatic rings.